The quantitative estimate of drug-likeness (QED) is 0.891. The molecule has 0 atom stereocenters. The summed E-state index contributed by atoms with van der Waals surface area (Å²) >= 11 is 0. The van der Waals surface area contributed by atoms with Gasteiger partial charge in [-0.15, -0.1) is 0 Å². The van der Waals surface area contributed by atoms with E-state index in [0.717, 1.165) is 0 Å². The fourth-order valence-corrected chi connectivity index (χ4v) is 1.71. The van der Waals surface area contributed by atoms with E-state index in [0.29, 0.717) is 22.6 Å². The van der Waals surface area contributed by atoms with Crippen LogP contribution in [0.5, 0.6) is 0 Å². The highest BCUT2D eigenvalue weighted by atomic mass is 19.1. The summed E-state index contributed by atoms with van der Waals surface area (Å²) in [6.45, 7) is 1.65. The van der Waals surface area contributed by atoms with E-state index in [9.17, 15) is 9.18 Å². The van der Waals surface area contributed by atoms with Crippen molar-refractivity contribution in [2.75, 3.05) is 17.7 Å². The molecule has 0 radical (unpaired) electrons. The largest absolute Gasteiger partial charge is 0.372 e. The molecule has 1 aromatic heterocycles. The highest BCUT2D eigenvalue weighted by Gasteiger charge is 2.11. The molecule has 0 fully saturated rings. The Morgan fingerprint density at radius 3 is 2.79 bits per heavy atom. The highest BCUT2D eigenvalue weighted by molar-refractivity contribution is 6.07. The van der Waals surface area contributed by atoms with Crippen molar-refractivity contribution in [2.24, 2.45) is 0 Å². The number of amides is 1. The van der Waals surface area contributed by atoms with Crippen LogP contribution < -0.4 is 10.6 Å². The Hall–Kier alpha value is -2.43. The summed E-state index contributed by atoms with van der Waals surface area (Å²) in [5, 5.41) is 5.57. The Morgan fingerprint density at radius 2 is 2.11 bits per heavy atom. The van der Waals surface area contributed by atoms with Crippen molar-refractivity contribution in [3.63, 3.8) is 0 Å². The van der Waals surface area contributed by atoms with E-state index < -0.39 is 0 Å². The lowest BCUT2D eigenvalue weighted by Gasteiger charge is -2.09. The molecular formula is C14H14FN3O. The smallest absolute Gasteiger partial charge is 0.259 e. The van der Waals surface area contributed by atoms with Crippen LogP contribution in [0.15, 0.2) is 36.5 Å². The number of halogens is 1. The molecule has 0 saturated carbocycles. The predicted molar refractivity (Wildman–Crippen MR) is 72.9 cm³/mol. The molecule has 2 rings (SSSR count). The van der Waals surface area contributed by atoms with Crippen LogP contribution in [-0.4, -0.2) is 17.9 Å². The van der Waals surface area contributed by atoms with Gasteiger partial charge in [0.25, 0.3) is 5.91 Å². The van der Waals surface area contributed by atoms with Crippen LogP contribution in [0.1, 0.15) is 15.9 Å². The summed E-state index contributed by atoms with van der Waals surface area (Å²) in [5.41, 5.74) is 1.47. The number of pyridine rings is 1. The van der Waals surface area contributed by atoms with Crippen molar-refractivity contribution in [1.82, 2.24) is 4.98 Å². The van der Waals surface area contributed by atoms with Gasteiger partial charge in [0.15, 0.2) is 0 Å². The van der Waals surface area contributed by atoms with Crippen LogP contribution in [-0.2, 0) is 0 Å². The third kappa shape index (κ3) is 2.88. The minimum Gasteiger partial charge on any atom is -0.372 e. The van der Waals surface area contributed by atoms with Gasteiger partial charge in [0, 0.05) is 18.9 Å². The third-order valence-electron chi connectivity index (χ3n) is 2.70. The first kappa shape index (κ1) is 13.0. The van der Waals surface area contributed by atoms with Gasteiger partial charge >= 0.3 is 0 Å². The van der Waals surface area contributed by atoms with Crippen LogP contribution in [0.25, 0.3) is 0 Å². The molecule has 2 N–H and O–H groups in total. The number of aromatic nitrogens is 1. The predicted octanol–water partition coefficient (Wildman–Crippen LogP) is 2.82. The van der Waals surface area contributed by atoms with Crippen LogP contribution >= 0.6 is 0 Å². The van der Waals surface area contributed by atoms with Crippen molar-refractivity contribution in [3.05, 3.63) is 53.5 Å². The topological polar surface area (TPSA) is 54.0 Å². The first-order valence-electron chi connectivity index (χ1n) is 5.82. The van der Waals surface area contributed by atoms with Crippen LogP contribution in [0.2, 0.25) is 0 Å². The number of rotatable bonds is 3. The molecule has 1 aromatic carbocycles. The minimum atomic E-state index is -0.296. The molecule has 0 saturated heterocycles. The molecule has 1 amide bonds. The molecule has 0 aliphatic rings. The fourth-order valence-electron chi connectivity index (χ4n) is 1.71. The molecule has 98 valence electrons. The average molecular weight is 259 g/mol. The van der Waals surface area contributed by atoms with Crippen LogP contribution in [0.4, 0.5) is 15.9 Å². The summed E-state index contributed by atoms with van der Waals surface area (Å²) in [6, 6.07) is 7.79. The number of hydrogen-bond donors (Lipinski definition) is 2. The van der Waals surface area contributed by atoms with Gasteiger partial charge in [-0.2, -0.15) is 0 Å². The number of anilines is 2. The molecule has 1 heterocycles. The third-order valence-corrected chi connectivity index (χ3v) is 2.70. The van der Waals surface area contributed by atoms with Crippen molar-refractivity contribution < 1.29 is 9.18 Å². The van der Waals surface area contributed by atoms with E-state index >= 15 is 0 Å². The lowest BCUT2D eigenvalue weighted by Crippen LogP contribution is -2.14. The van der Waals surface area contributed by atoms with Crippen LogP contribution in [0.3, 0.4) is 0 Å². The number of carbonyl (C=O) groups excluding carboxylic acids is 1. The van der Waals surface area contributed by atoms with Crippen molar-refractivity contribution in [3.8, 4) is 0 Å². The van der Waals surface area contributed by atoms with E-state index in [1.54, 1.807) is 38.4 Å². The summed E-state index contributed by atoms with van der Waals surface area (Å²) in [7, 11) is 1.70. The monoisotopic (exact) mass is 259 g/mol. The number of nitrogens with one attached hydrogen (secondary N) is 2. The number of aryl methyl sites for hydroxylation is 1. The Labute approximate surface area is 110 Å². The van der Waals surface area contributed by atoms with Crippen molar-refractivity contribution >= 4 is 17.4 Å². The molecule has 4 nitrogen and oxygen atoms in total. The number of carbonyl (C=O) groups is 1. The van der Waals surface area contributed by atoms with Crippen LogP contribution in [0, 0.1) is 12.7 Å². The Bertz CT molecular complexity index is 613. The Morgan fingerprint density at radius 1 is 1.32 bits per heavy atom. The van der Waals surface area contributed by atoms with Gasteiger partial charge in [0.05, 0.1) is 5.56 Å². The number of nitrogens with zero attached hydrogens (tertiary/aromatic N) is 1. The maximum Gasteiger partial charge on any atom is 0.259 e. The zero-order valence-corrected chi connectivity index (χ0v) is 10.7. The van der Waals surface area contributed by atoms with Crippen molar-refractivity contribution in [2.45, 2.75) is 6.92 Å². The zero-order valence-electron chi connectivity index (χ0n) is 10.7. The van der Waals surface area contributed by atoms with Gasteiger partial charge in [-0.05, 0) is 42.8 Å². The molecular weight excluding hydrogens is 245 g/mol. The molecule has 0 spiro atoms. The zero-order chi connectivity index (χ0) is 13.8. The Kier molecular flexibility index (Phi) is 3.75. The first-order chi connectivity index (χ1) is 9.11. The van der Waals surface area contributed by atoms with E-state index in [-0.39, 0.29) is 11.7 Å². The molecule has 5 heteroatoms. The SMILES string of the molecule is CNc1ncccc1C(=O)Nc1ccc(F)c(C)c1. The lowest BCUT2D eigenvalue weighted by molar-refractivity contribution is 0.102. The van der Waals surface area contributed by atoms with E-state index in [1.165, 1.54) is 12.1 Å². The molecule has 0 aliphatic carbocycles. The van der Waals surface area contributed by atoms with E-state index in [4.69, 9.17) is 0 Å². The van der Waals surface area contributed by atoms with E-state index in [2.05, 4.69) is 15.6 Å². The maximum absolute atomic E-state index is 13.1. The molecule has 19 heavy (non-hydrogen) atoms. The van der Waals surface area contributed by atoms with Gasteiger partial charge in [-0.3, -0.25) is 4.79 Å². The summed E-state index contributed by atoms with van der Waals surface area (Å²) in [4.78, 5) is 16.2. The average Bonchev–Trinajstić information content (AvgIpc) is 2.43. The fraction of sp³-hybridized carbons (Fsp3) is 0.143. The Balaban J connectivity index is 2.23. The summed E-state index contributed by atoms with van der Waals surface area (Å²) < 4.78 is 13.1. The van der Waals surface area contributed by atoms with Gasteiger partial charge in [0.1, 0.15) is 11.6 Å². The number of hydrogen-bond acceptors (Lipinski definition) is 3. The molecule has 0 aliphatic heterocycles. The number of benzene rings is 1. The van der Waals surface area contributed by atoms with Crippen molar-refractivity contribution in [1.29, 1.82) is 0 Å². The van der Waals surface area contributed by atoms with Gasteiger partial charge in [-0.1, -0.05) is 0 Å². The van der Waals surface area contributed by atoms with Gasteiger partial charge in [-0.25, -0.2) is 9.37 Å². The standard InChI is InChI=1S/C14H14FN3O/c1-9-8-10(5-6-12(9)15)18-14(19)11-4-3-7-17-13(11)16-2/h3-8H,1-2H3,(H,16,17)(H,18,19). The van der Waals surface area contributed by atoms with E-state index in [1.807, 2.05) is 0 Å². The minimum absolute atomic E-state index is 0.288. The van der Waals surface area contributed by atoms with Gasteiger partial charge in [0.2, 0.25) is 0 Å². The van der Waals surface area contributed by atoms with Gasteiger partial charge < -0.3 is 10.6 Å². The maximum atomic E-state index is 13.1. The molecule has 0 bridgehead atoms. The normalized spacial score (nSPS) is 10.1. The molecule has 2 aromatic rings. The second-order valence-corrected chi connectivity index (χ2v) is 4.07. The second-order valence-electron chi connectivity index (χ2n) is 4.07. The lowest BCUT2D eigenvalue weighted by atomic mass is 10.2. The summed E-state index contributed by atoms with van der Waals surface area (Å²) in [6.07, 6.45) is 1.60. The second kappa shape index (κ2) is 5.48. The summed E-state index contributed by atoms with van der Waals surface area (Å²) in [5.74, 6) is -0.0856. The highest BCUT2D eigenvalue weighted by Crippen LogP contribution is 2.17. The molecule has 0 unspecified atom stereocenters. The first-order valence-corrected chi connectivity index (χ1v) is 5.82.